The van der Waals surface area contributed by atoms with Crippen molar-refractivity contribution in [1.29, 1.82) is 0 Å². The molecule has 0 fully saturated rings. The predicted octanol–water partition coefficient (Wildman–Crippen LogP) is 5.69. The lowest BCUT2D eigenvalue weighted by molar-refractivity contribution is 0.284. The van der Waals surface area contributed by atoms with Gasteiger partial charge in [-0.25, -0.2) is 9.98 Å². The second kappa shape index (κ2) is 6.75. The van der Waals surface area contributed by atoms with Gasteiger partial charge >= 0.3 is 0 Å². The van der Waals surface area contributed by atoms with Gasteiger partial charge in [-0.2, -0.15) is 0 Å². The molecule has 3 aliphatic heterocycles. The fraction of sp³-hybridized carbons (Fsp3) is 0.650. The lowest BCUT2D eigenvalue weighted by Gasteiger charge is -2.35. The number of aliphatic imine (C=N–C) groups is 3. The van der Waals surface area contributed by atoms with Gasteiger partial charge in [0.1, 0.15) is 5.03 Å². The second-order valence-electron chi connectivity index (χ2n) is 8.24. The van der Waals surface area contributed by atoms with Crippen molar-refractivity contribution in [3.63, 3.8) is 0 Å². The summed E-state index contributed by atoms with van der Waals surface area (Å²) >= 11 is 1.62. The molecule has 0 aromatic heterocycles. The zero-order valence-electron chi connectivity index (χ0n) is 17.1. The first-order valence-electron chi connectivity index (χ1n) is 9.17. The van der Waals surface area contributed by atoms with Crippen molar-refractivity contribution in [1.82, 2.24) is 4.90 Å². The average Bonchev–Trinajstić information content (AvgIpc) is 2.78. The van der Waals surface area contributed by atoms with Crippen molar-refractivity contribution in [2.45, 2.75) is 67.9 Å². The van der Waals surface area contributed by atoms with Crippen molar-refractivity contribution in [2.75, 3.05) is 0 Å². The Morgan fingerprint density at radius 1 is 1.08 bits per heavy atom. The minimum Gasteiger partial charge on any atom is -0.278 e. The molecule has 0 aromatic carbocycles. The summed E-state index contributed by atoms with van der Waals surface area (Å²) < 4.78 is 0. The van der Waals surface area contributed by atoms with Gasteiger partial charge in [-0.15, -0.1) is 0 Å². The molecule has 0 saturated carbocycles. The summed E-state index contributed by atoms with van der Waals surface area (Å²) in [6.07, 6.45) is 8.34. The molecule has 3 rings (SSSR count). The van der Waals surface area contributed by atoms with E-state index in [2.05, 4.69) is 65.6 Å². The van der Waals surface area contributed by atoms with E-state index in [0.717, 1.165) is 16.0 Å². The Bertz CT molecular complexity index is 678. The number of amidine groups is 1. The normalized spacial score (nSPS) is 30.6. The van der Waals surface area contributed by atoms with Crippen molar-refractivity contribution in [3.05, 3.63) is 23.1 Å². The third kappa shape index (κ3) is 3.48. The number of nitrogens with zero attached hydrogens (tertiary/aromatic N) is 4. The van der Waals surface area contributed by atoms with Crippen molar-refractivity contribution >= 4 is 29.4 Å². The number of fused-ring (bicyclic) bond motifs is 2. The summed E-state index contributed by atoms with van der Waals surface area (Å²) in [4.78, 5) is 16.5. The van der Waals surface area contributed by atoms with E-state index in [0.29, 0.717) is 5.92 Å². The van der Waals surface area contributed by atoms with Crippen LogP contribution in [-0.4, -0.2) is 28.0 Å². The molecule has 0 radical (unpaired) electrons. The van der Waals surface area contributed by atoms with Crippen LogP contribution in [0.25, 0.3) is 0 Å². The quantitative estimate of drug-likeness (QED) is 0.602. The summed E-state index contributed by atoms with van der Waals surface area (Å²) in [6.45, 7) is 19.4. The van der Waals surface area contributed by atoms with Gasteiger partial charge in [-0.3, -0.25) is 9.89 Å². The Morgan fingerprint density at radius 3 is 2.24 bits per heavy atom. The molecule has 3 aliphatic rings. The fourth-order valence-corrected chi connectivity index (χ4v) is 3.40. The monoisotopic (exact) mass is 360 g/mol. The van der Waals surface area contributed by atoms with Crippen LogP contribution in [0.4, 0.5) is 0 Å². The van der Waals surface area contributed by atoms with E-state index < -0.39 is 0 Å². The van der Waals surface area contributed by atoms with Crippen molar-refractivity contribution in [3.8, 4) is 0 Å². The molecule has 0 spiro atoms. The molecule has 0 amide bonds. The first-order valence-corrected chi connectivity index (χ1v) is 9.98. The van der Waals surface area contributed by atoms with Gasteiger partial charge in [0.05, 0.1) is 5.54 Å². The summed E-state index contributed by atoms with van der Waals surface area (Å²) in [5.41, 5.74) is -0.257. The summed E-state index contributed by atoms with van der Waals surface area (Å²) in [7, 11) is 0. The van der Waals surface area contributed by atoms with Crippen LogP contribution in [0.1, 0.15) is 62.3 Å². The minimum absolute atomic E-state index is 0.0648. The van der Waals surface area contributed by atoms with Gasteiger partial charge in [0.15, 0.2) is 11.0 Å². The van der Waals surface area contributed by atoms with Crippen LogP contribution in [-0.2, 0) is 0 Å². The summed E-state index contributed by atoms with van der Waals surface area (Å²) in [5.74, 6) is 1.34. The van der Waals surface area contributed by atoms with Gasteiger partial charge in [-0.05, 0) is 43.0 Å². The van der Waals surface area contributed by atoms with Crippen LogP contribution in [0.15, 0.2) is 38.1 Å². The molecule has 0 N–H and O–H groups in total. The highest BCUT2D eigenvalue weighted by molar-refractivity contribution is 8.17. The van der Waals surface area contributed by atoms with E-state index >= 15 is 0 Å². The first-order chi connectivity index (χ1) is 11.6. The zero-order chi connectivity index (χ0) is 19.0. The molecule has 0 aromatic rings. The molecular formula is C20H32N4S. The predicted molar refractivity (Wildman–Crippen MR) is 112 cm³/mol. The highest BCUT2D eigenvalue weighted by Crippen LogP contribution is 2.44. The average molecular weight is 361 g/mol. The third-order valence-corrected chi connectivity index (χ3v) is 6.35. The standard InChI is InChI=1S/C18H26N4S.C2H6/c1-12(2)18(7)8-9-22-13-14(23-15(22)21-18)20-11-17(6,10-19-13)16(3,4)5;1-2/h8-12H,1-7H3;1-2H3. The second-order valence-corrected chi connectivity index (χ2v) is 9.20. The van der Waals surface area contributed by atoms with Crippen molar-refractivity contribution < 1.29 is 0 Å². The molecule has 0 saturated heterocycles. The highest BCUT2D eigenvalue weighted by Gasteiger charge is 2.40. The zero-order valence-corrected chi connectivity index (χ0v) is 17.9. The molecule has 5 heteroatoms. The summed E-state index contributed by atoms with van der Waals surface area (Å²) in [5, 5.41) is 1.91. The molecule has 4 nitrogen and oxygen atoms in total. The van der Waals surface area contributed by atoms with Crippen LogP contribution < -0.4 is 0 Å². The topological polar surface area (TPSA) is 40.3 Å². The maximum absolute atomic E-state index is 4.94. The molecule has 0 aliphatic carbocycles. The molecule has 25 heavy (non-hydrogen) atoms. The van der Waals surface area contributed by atoms with Gasteiger partial charge in [-0.1, -0.05) is 48.5 Å². The molecule has 3 heterocycles. The number of rotatable bonds is 1. The van der Waals surface area contributed by atoms with Crippen LogP contribution in [0.5, 0.6) is 0 Å². The number of hydrogen-bond donors (Lipinski definition) is 0. The van der Waals surface area contributed by atoms with Gasteiger partial charge < -0.3 is 0 Å². The van der Waals surface area contributed by atoms with Crippen molar-refractivity contribution in [2.24, 2.45) is 31.7 Å². The Labute approximate surface area is 157 Å². The maximum Gasteiger partial charge on any atom is 0.176 e. The molecular weight excluding hydrogens is 328 g/mol. The number of hydrogen-bond acceptors (Lipinski definition) is 5. The summed E-state index contributed by atoms with van der Waals surface area (Å²) in [6, 6.07) is 0. The number of thioether (sulfide) groups is 1. The fourth-order valence-electron chi connectivity index (χ4n) is 2.39. The lowest BCUT2D eigenvalue weighted by atomic mass is 9.69. The van der Waals surface area contributed by atoms with Crippen LogP contribution in [0.3, 0.4) is 0 Å². The van der Waals surface area contributed by atoms with Crippen LogP contribution >= 0.6 is 11.8 Å². The van der Waals surface area contributed by atoms with Gasteiger partial charge in [0, 0.05) is 24.0 Å². The Balaban J connectivity index is 0.00000109. The SMILES string of the molecule is CC.CC(C)C1(C)C=CN2C(=N1)SC1=C2N=CC(C)(C(C)(C)C)C=N1. The largest absolute Gasteiger partial charge is 0.278 e. The van der Waals surface area contributed by atoms with Crippen LogP contribution in [0, 0.1) is 16.7 Å². The van der Waals surface area contributed by atoms with Gasteiger partial charge in [0.25, 0.3) is 0 Å². The molecule has 2 unspecified atom stereocenters. The van der Waals surface area contributed by atoms with E-state index in [1.165, 1.54) is 0 Å². The Morgan fingerprint density at radius 2 is 1.68 bits per heavy atom. The van der Waals surface area contributed by atoms with Gasteiger partial charge in [0.2, 0.25) is 0 Å². The van der Waals surface area contributed by atoms with E-state index in [1.807, 2.05) is 26.3 Å². The lowest BCUT2D eigenvalue weighted by Crippen LogP contribution is -2.36. The molecule has 138 valence electrons. The third-order valence-electron chi connectivity index (χ3n) is 5.40. The van der Waals surface area contributed by atoms with Crippen LogP contribution in [0.2, 0.25) is 0 Å². The smallest absolute Gasteiger partial charge is 0.176 e. The van der Waals surface area contributed by atoms with E-state index in [9.17, 15) is 0 Å². The highest BCUT2D eigenvalue weighted by atomic mass is 32.2. The Kier molecular flexibility index (Phi) is 5.39. The Hall–Kier alpha value is -1.36. The van der Waals surface area contributed by atoms with E-state index in [1.54, 1.807) is 11.8 Å². The molecule has 2 atom stereocenters. The van der Waals surface area contributed by atoms with E-state index in [4.69, 9.17) is 15.0 Å². The van der Waals surface area contributed by atoms with E-state index in [-0.39, 0.29) is 16.4 Å². The first kappa shape index (κ1) is 20.0. The molecule has 0 bridgehead atoms. The maximum atomic E-state index is 4.94. The minimum atomic E-state index is -0.166.